The molecule has 2 heterocycles. The minimum atomic E-state index is -0.808. The van der Waals surface area contributed by atoms with E-state index in [1.807, 2.05) is 19.0 Å². The van der Waals surface area contributed by atoms with Crippen LogP contribution >= 0.6 is 0 Å². The van der Waals surface area contributed by atoms with E-state index in [0.717, 1.165) is 0 Å². The van der Waals surface area contributed by atoms with Crippen LogP contribution in [-0.2, 0) is 4.79 Å². The van der Waals surface area contributed by atoms with Crippen molar-refractivity contribution in [3.05, 3.63) is 83.8 Å². The Morgan fingerprint density at radius 1 is 1.23 bits per heavy atom. The van der Waals surface area contributed by atoms with Crippen molar-refractivity contribution in [1.29, 1.82) is 0 Å². The van der Waals surface area contributed by atoms with Gasteiger partial charge in [0, 0.05) is 18.5 Å². The molecule has 0 saturated carbocycles. The molecule has 8 heteroatoms. The lowest BCUT2D eigenvalue weighted by Gasteiger charge is -2.28. The molecular weight excluding hydrogens is 448 g/mol. The van der Waals surface area contributed by atoms with Crippen LogP contribution in [0, 0.1) is 0 Å². The number of para-hydroxylation sites is 1. The van der Waals surface area contributed by atoms with E-state index < -0.39 is 23.5 Å². The number of amides is 1. The fourth-order valence-electron chi connectivity index (χ4n) is 4.14. The fraction of sp³-hybridized carbons (Fsp3) is 0.259. The topological polar surface area (TPSA) is 92.4 Å². The molecule has 1 atom stereocenters. The minimum absolute atomic E-state index is 0.0115. The molecule has 0 radical (unpaired) electrons. The van der Waals surface area contributed by atoms with Gasteiger partial charge in [-0.15, -0.1) is 0 Å². The number of fused-ring (bicyclic) bond motifs is 1. The number of carbonyl (C=O) groups excluding carboxylic acids is 2. The molecule has 0 fully saturated rings. The number of rotatable bonds is 10. The number of furan rings is 1. The van der Waals surface area contributed by atoms with Gasteiger partial charge in [0.2, 0.25) is 5.78 Å². The van der Waals surface area contributed by atoms with Gasteiger partial charge in [0.05, 0.1) is 18.7 Å². The SMILES string of the molecule is C=CCOc1cccc(C2C(C(=O)c3cc4cccc(OC)c4o3)=C(O)C(=O)N2CCN(C)C)c1. The van der Waals surface area contributed by atoms with E-state index in [9.17, 15) is 14.7 Å². The van der Waals surface area contributed by atoms with Gasteiger partial charge in [0.25, 0.3) is 5.91 Å². The largest absolute Gasteiger partial charge is 0.503 e. The van der Waals surface area contributed by atoms with Crippen molar-refractivity contribution in [2.24, 2.45) is 0 Å². The first-order chi connectivity index (χ1) is 16.8. The lowest BCUT2D eigenvalue weighted by Crippen LogP contribution is -2.36. The number of aliphatic hydroxyl groups is 1. The number of hydrogen-bond donors (Lipinski definition) is 1. The molecule has 182 valence electrons. The van der Waals surface area contributed by atoms with E-state index in [1.165, 1.54) is 12.0 Å². The van der Waals surface area contributed by atoms with E-state index in [4.69, 9.17) is 13.9 Å². The predicted octanol–water partition coefficient (Wildman–Crippen LogP) is 4.15. The van der Waals surface area contributed by atoms with Crippen LogP contribution < -0.4 is 9.47 Å². The number of ether oxygens (including phenoxy) is 2. The summed E-state index contributed by atoms with van der Waals surface area (Å²) < 4.78 is 16.8. The second-order valence-corrected chi connectivity index (χ2v) is 8.46. The highest BCUT2D eigenvalue weighted by molar-refractivity contribution is 6.16. The Morgan fingerprint density at radius 2 is 2.00 bits per heavy atom. The Balaban J connectivity index is 1.79. The van der Waals surface area contributed by atoms with Gasteiger partial charge in [-0.05, 0) is 43.9 Å². The Kier molecular flexibility index (Phi) is 6.93. The third-order valence-corrected chi connectivity index (χ3v) is 5.83. The van der Waals surface area contributed by atoms with Crippen molar-refractivity contribution in [3.63, 3.8) is 0 Å². The third-order valence-electron chi connectivity index (χ3n) is 5.83. The quantitative estimate of drug-likeness (QED) is 0.347. The molecule has 8 nitrogen and oxygen atoms in total. The molecule has 0 aliphatic carbocycles. The van der Waals surface area contributed by atoms with E-state index in [-0.39, 0.29) is 11.3 Å². The van der Waals surface area contributed by atoms with Crippen molar-refractivity contribution in [2.45, 2.75) is 6.04 Å². The van der Waals surface area contributed by atoms with E-state index in [0.29, 0.717) is 47.7 Å². The van der Waals surface area contributed by atoms with Gasteiger partial charge in [0.15, 0.2) is 22.9 Å². The maximum atomic E-state index is 13.7. The van der Waals surface area contributed by atoms with E-state index >= 15 is 0 Å². The number of aliphatic hydroxyl groups excluding tert-OH is 1. The summed E-state index contributed by atoms with van der Waals surface area (Å²) in [5, 5.41) is 11.6. The zero-order chi connectivity index (χ0) is 25.1. The van der Waals surface area contributed by atoms with Gasteiger partial charge in [-0.3, -0.25) is 9.59 Å². The molecule has 0 saturated heterocycles. The molecular formula is C27H28N2O6. The molecule has 0 bridgehead atoms. The average molecular weight is 477 g/mol. The summed E-state index contributed by atoms with van der Waals surface area (Å²) >= 11 is 0. The zero-order valence-electron chi connectivity index (χ0n) is 20.0. The Bertz CT molecular complexity index is 1310. The second kappa shape index (κ2) is 10.1. The number of benzene rings is 2. The van der Waals surface area contributed by atoms with Gasteiger partial charge in [0.1, 0.15) is 12.4 Å². The smallest absolute Gasteiger partial charge is 0.290 e. The Hall–Kier alpha value is -4.04. The lowest BCUT2D eigenvalue weighted by molar-refractivity contribution is -0.129. The number of methoxy groups -OCH3 is 1. The molecule has 35 heavy (non-hydrogen) atoms. The molecule has 1 amide bonds. The summed E-state index contributed by atoms with van der Waals surface area (Å²) in [6, 6.07) is 13.2. The number of likely N-dealkylation sites (N-methyl/N-ethyl adjacent to an activating group) is 1. The van der Waals surface area contributed by atoms with Crippen LogP contribution in [0.4, 0.5) is 0 Å². The molecule has 4 rings (SSSR count). The van der Waals surface area contributed by atoms with Crippen molar-refractivity contribution in [1.82, 2.24) is 9.80 Å². The first-order valence-corrected chi connectivity index (χ1v) is 11.2. The normalized spacial score (nSPS) is 15.8. The summed E-state index contributed by atoms with van der Waals surface area (Å²) in [5.41, 5.74) is 1.02. The average Bonchev–Trinajstić information content (AvgIpc) is 3.40. The predicted molar refractivity (Wildman–Crippen MR) is 132 cm³/mol. The fourth-order valence-corrected chi connectivity index (χ4v) is 4.14. The molecule has 1 aliphatic rings. The highest BCUT2D eigenvalue weighted by atomic mass is 16.5. The molecule has 3 aromatic rings. The maximum absolute atomic E-state index is 13.7. The monoisotopic (exact) mass is 476 g/mol. The molecule has 1 aromatic heterocycles. The molecule has 1 aliphatic heterocycles. The van der Waals surface area contributed by atoms with Crippen molar-refractivity contribution in [3.8, 4) is 11.5 Å². The van der Waals surface area contributed by atoms with Crippen LogP contribution in [0.5, 0.6) is 11.5 Å². The summed E-state index contributed by atoms with van der Waals surface area (Å²) in [4.78, 5) is 30.3. The van der Waals surface area contributed by atoms with E-state index in [2.05, 4.69) is 6.58 Å². The van der Waals surface area contributed by atoms with Gasteiger partial charge >= 0.3 is 0 Å². The first-order valence-electron chi connectivity index (χ1n) is 11.2. The van der Waals surface area contributed by atoms with Crippen LogP contribution in [-0.4, -0.2) is 67.5 Å². The summed E-state index contributed by atoms with van der Waals surface area (Å²) in [5.74, 6) is -0.691. The molecule has 2 aromatic carbocycles. The molecule has 0 spiro atoms. The van der Waals surface area contributed by atoms with Gasteiger partial charge in [-0.1, -0.05) is 36.9 Å². The van der Waals surface area contributed by atoms with E-state index in [1.54, 1.807) is 54.6 Å². The van der Waals surface area contributed by atoms with Gasteiger partial charge < -0.3 is 28.8 Å². The maximum Gasteiger partial charge on any atom is 0.290 e. The Morgan fingerprint density at radius 3 is 2.71 bits per heavy atom. The third kappa shape index (κ3) is 4.65. The number of Topliss-reactive ketones (excluding diaryl/α,β-unsaturated/α-hetero) is 1. The van der Waals surface area contributed by atoms with Crippen LogP contribution in [0.1, 0.15) is 22.2 Å². The first kappa shape index (κ1) is 24.1. The van der Waals surface area contributed by atoms with Crippen molar-refractivity contribution in [2.75, 3.05) is 40.9 Å². The summed E-state index contributed by atoms with van der Waals surface area (Å²) in [6.45, 7) is 4.83. The van der Waals surface area contributed by atoms with Crippen LogP contribution in [0.15, 0.2) is 76.9 Å². The van der Waals surface area contributed by atoms with Crippen LogP contribution in [0.25, 0.3) is 11.0 Å². The van der Waals surface area contributed by atoms with Crippen molar-refractivity contribution >= 4 is 22.7 Å². The molecule has 1 N–H and O–H groups in total. The van der Waals surface area contributed by atoms with Crippen LogP contribution in [0.2, 0.25) is 0 Å². The summed E-state index contributed by atoms with van der Waals surface area (Å²) in [6.07, 6.45) is 1.63. The van der Waals surface area contributed by atoms with Gasteiger partial charge in [-0.2, -0.15) is 0 Å². The Labute approximate surface area is 203 Å². The molecule has 1 unspecified atom stereocenters. The standard InChI is InChI=1S/C27H28N2O6/c1-5-14-34-19-10-6-8-17(15-19)23-22(25(31)27(32)29(23)13-12-28(2)3)24(30)21-16-18-9-7-11-20(33-4)26(18)35-21/h5-11,15-16,23,31H,1,12-14H2,2-4H3. The second-order valence-electron chi connectivity index (χ2n) is 8.46. The number of hydrogen-bond acceptors (Lipinski definition) is 7. The number of ketones is 1. The summed E-state index contributed by atoms with van der Waals surface area (Å²) in [7, 11) is 5.30. The highest BCUT2D eigenvalue weighted by Gasteiger charge is 2.44. The van der Waals surface area contributed by atoms with Crippen molar-refractivity contribution < 1.29 is 28.6 Å². The lowest BCUT2D eigenvalue weighted by atomic mass is 9.95. The number of nitrogens with zero attached hydrogens (tertiary/aromatic N) is 2. The zero-order valence-corrected chi connectivity index (χ0v) is 20.0. The van der Waals surface area contributed by atoms with Crippen LogP contribution in [0.3, 0.4) is 0 Å². The van der Waals surface area contributed by atoms with Gasteiger partial charge in [-0.25, -0.2) is 0 Å². The number of carbonyl (C=O) groups is 2. The highest BCUT2D eigenvalue weighted by Crippen LogP contribution is 2.41. The minimum Gasteiger partial charge on any atom is -0.503 e.